The predicted molar refractivity (Wildman–Crippen MR) is 54.4 cm³/mol. The molecule has 1 aliphatic carbocycles. The lowest BCUT2D eigenvalue weighted by Crippen LogP contribution is -2.20. The summed E-state index contributed by atoms with van der Waals surface area (Å²) in [5.74, 6) is -1.63. The van der Waals surface area contributed by atoms with Crippen LogP contribution >= 0.6 is 0 Å². The van der Waals surface area contributed by atoms with E-state index in [2.05, 4.69) is 0 Å². The lowest BCUT2D eigenvalue weighted by atomic mass is 9.98. The third-order valence-corrected chi connectivity index (χ3v) is 2.51. The first kappa shape index (κ1) is 11.8. The lowest BCUT2D eigenvalue weighted by molar-refractivity contribution is -0.145. The third kappa shape index (κ3) is 4.14. The second kappa shape index (κ2) is 5.53. The molecule has 0 aromatic carbocycles. The quantitative estimate of drug-likeness (QED) is 0.573. The minimum atomic E-state index is -1.09. The number of carbonyl (C=O) groups excluding carboxylic acids is 1. The van der Waals surface area contributed by atoms with Gasteiger partial charge in [0.25, 0.3) is 0 Å². The van der Waals surface area contributed by atoms with Crippen molar-refractivity contribution in [2.75, 3.05) is 0 Å². The van der Waals surface area contributed by atoms with Crippen molar-refractivity contribution in [3.63, 3.8) is 0 Å². The summed E-state index contributed by atoms with van der Waals surface area (Å²) in [5.41, 5.74) is 0.0100. The van der Waals surface area contributed by atoms with E-state index in [1.165, 1.54) is 13.3 Å². The molecule has 0 saturated heterocycles. The van der Waals surface area contributed by atoms with Crippen molar-refractivity contribution in [2.45, 2.75) is 45.1 Å². The van der Waals surface area contributed by atoms with Crippen molar-refractivity contribution >= 4 is 11.9 Å². The van der Waals surface area contributed by atoms with E-state index in [0.29, 0.717) is 0 Å². The summed E-state index contributed by atoms with van der Waals surface area (Å²) in [7, 11) is 0. The Bertz CT molecular complexity index is 274. The van der Waals surface area contributed by atoms with E-state index in [9.17, 15) is 9.59 Å². The molecule has 1 fully saturated rings. The van der Waals surface area contributed by atoms with Crippen LogP contribution in [0.15, 0.2) is 11.6 Å². The van der Waals surface area contributed by atoms with Gasteiger partial charge in [0, 0.05) is 11.6 Å². The Morgan fingerprint density at radius 2 is 1.87 bits per heavy atom. The first-order valence-electron chi connectivity index (χ1n) is 5.22. The van der Waals surface area contributed by atoms with Gasteiger partial charge >= 0.3 is 11.9 Å². The number of carboxylic acids is 1. The fraction of sp³-hybridized carbons (Fsp3) is 0.636. The molecule has 1 N–H and O–H groups in total. The second-order valence-corrected chi connectivity index (χ2v) is 3.83. The maximum Gasteiger partial charge on any atom is 0.331 e. The van der Waals surface area contributed by atoms with E-state index >= 15 is 0 Å². The number of hydrogen-bond donors (Lipinski definition) is 1. The largest absolute Gasteiger partial charge is 0.478 e. The Kier molecular flexibility index (Phi) is 4.34. The van der Waals surface area contributed by atoms with Crippen LogP contribution in [0.4, 0.5) is 0 Å². The van der Waals surface area contributed by atoms with Crippen molar-refractivity contribution in [3.05, 3.63) is 11.6 Å². The molecule has 15 heavy (non-hydrogen) atoms. The lowest BCUT2D eigenvalue weighted by Gasteiger charge is -2.20. The topological polar surface area (TPSA) is 63.6 Å². The maximum atomic E-state index is 11.3. The Morgan fingerprint density at radius 1 is 1.27 bits per heavy atom. The highest BCUT2D eigenvalue weighted by atomic mass is 16.5. The van der Waals surface area contributed by atoms with E-state index in [-0.39, 0.29) is 11.7 Å². The molecule has 0 aliphatic heterocycles. The SMILES string of the molecule is C/C(=C/C(=O)OC1CCCCC1)C(=O)O. The molecule has 0 radical (unpaired) electrons. The first-order valence-corrected chi connectivity index (χ1v) is 5.22. The molecule has 0 atom stereocenters. The molecule has 84 valence electrons. The second-order valence-electron chi connectivity index (χ2n) is 3.83. The van der Waals surface area contributed by atoms with Gasteiger partial charge in [-0.05, 0) is 32.6 Å². The minimum absolute atomic E-state index is 0.0100. The van der Waals surface area contributed by atoms with Gasteiger partial charge in [0.05, 0.1) is 0 Å². The highest BCUT2D eigenvalue weighted by Crippen LogP contribution is 2.20. The zero-order valence-corrected chi connectivity index (χ0v) is 8.86. The van der Waals surface area contributed by atoms with Crippen LogP contribution in [0.3, 0.4) is 0 Å². The molecule has 4 nitrogen and oxygen atoms in total. The zero-order chi connectivity index (χ0) is 11.3. The van der Waals surface area contributed by atoms with E-state index in [1.54, 1.807) is 0 Å². The number of aliphatic carboxylic acids is 1. The van der Waals surface area contributed by atoms with Gasteiger partial charge in [-0.25, -0.2) is 9.59 Å². The average molecular weight is 212 g/mol. The molecule has 0 aromatic heterocycles. The van der Waals surface area contributed by atoms with Crippen LogP contribution in [0, 0.1) is 0 Å². The summed E-state index contributed by atoms with van der Waals surface area (Å²) in [6.07, 6.45) is 6.16. The summed E-state index contributed by atoms with van der Waals surface area (Å²) in [5, 5.41) is 8.56. The minimum Gasteiger partial charge on any atom is -0.478 e. The van der Waals surface area contributed by atoms with Gasteiger partial charge < -0.3 is 9.84 Å². The molecule has 0 unspecified atom stereocenters. The highest BCUT2D eigenvalue weighted by Gasteiger charge is 2.17. The summed E-state index contributed by atoms with van der Waals surface area (Å²) >= 11 is 0. The van der Waals surface area contributed by atoms with Gasteiger partial charge in [-0.15, -0.1) is 0 Å². The van der Waals surface area contributed by atoms with E-state index in [0.717, 1.165) is 31.8 Å². The molecule has 1 rings (SSSR count). The predicted octanol–water partition coefficient (Wildman–Crippen LogP) is 1.89. The van der Waals surface area contributed by atoms with E-state index in [1.807, 2.05) is 0 Å². The summed E-state index contributed by atoms with van der Waals surface area (Å²) in [6, 6.07) is 0. The summed E-state index contributed by atoms with van der Waals surface area (Å²) < 4.78 is 5.13. The summed E-state index contributed by atoms with van der Waals surface area (Å²) in [6.45, 7) is 1.38. The highest BCUT2D eigenvalue weighted by molar-refractivity contribution is 5.94. The molecule has 0 amide bonds. The van der Waals surface area contributed by atoms with Gasteiger partial charge in [0.15, 0.2) is 0 Å². The van der Waals surface area contributed by atoms with Gasteiger partial charge in [-0.3, -0.25) is 0 Å². The molecular formula is C11H16O4. The van der Waals surface area contributed by atoms with Crippen molar-refractivity contribution < 1.29 is 19.4 Å². The zero-order valence-electron chi connectivity index (χ0n) is 8.86. The number of ether oxygens (including phenoxy) is 1. The van der Waals surface area contributed by atoms with Crippen LogP contribution in [0.5, 0.6) is 0 Å². The maximum absolute atomic E-state index is 11.3. The Hall–Kier alpha value is -1.32. The van der Waals surface area contributed by atoms with Crippen LogP contribution < -0.4 is 0 Å². The van der Waals surface area contributed by atoms with Crippen molar-refractivity contribution in [2.24, 2.45) is 0 Å². The standard InChI is InChI=1S/C11H16O4/c1-8(11(13)14)7-10(12)15-9-5-3-2-4-6-9/h7,9H,2-6H2,1H3,(H,13,14)/b8-7-. The molecule has 1 saturated carbocycles. The first-order chi connectivity index (χ1) is 7.09. The number of carboxylic acid groups (broad SMARTS) is 1. The third-order valence-electron chi connectivity index (χ3n) is 2.51. The number of carbonyl (C=O) groups is 2. The van der Waals surface area contributed by atoms with Crippen molar-refractivity contribution in [3.8, 4) is 0 Å². The molecule has 0 aromatic rings. The Balaban J connectivity index is 2.41. The van der Waals surface area contributed by atoms with Crippen molar-refractivity contribution in [1.82, 2.24) is 0 Å². The summed E-state index contributed by atoms with van der Waals surface area (Å²) in [4.78, 5) is 21.7. The fourth-order valence-corrected chi connectivity index (χ4v) is 1.62. The van der Waals surface area contributed by atoms with Crippen LogP contribution in [-0.2, 0) is 14.3 Å². The Morgan fingerprint density at radius 3 is 2.40 bits per heavy atom. The van der Waals surface area contributed by atoms with Gasteiger partial charge in [-0.1, -0.05) is 6.42 Å². The van der Waals surface area contributed by atoms with Gasteiger partial charge in [-0.2, -0.15) is 0 Å². The molecule has 0 spiro atoms. The molecular weight excluding hydrogens is 196 g/mol. The molecule has 4 heteroatoms. The smallest absolute Gasteiger partial charge is 0.331 e. The average Bonchev–Trinajstić information content (AvgIpc) is 2.18. The van der Waals surface area contributed by atoms with Crippen LogP contribution in [0.1, 0.15) is 39.0 Å². The monoisotopic (exact) mass is 212 g/mol. The molecule has 1 aliphatic rings. The number of esters is 1. The van der Waals surface area contributed by atoms with Crippen LogP contribution in [0.25, 0.3) is 0 Å². The molecule has 0 heterocycles. The normalized spacial score (nSPS) is 18.6. The van der Waals surface area contributed by atoms with Crippen molar-refractivity contribution in [1.29, 1.82) is 0 Å². The fourth-order valence-electron chi connectivity index (χ4n) is 1.62. The van der Waals surface area contributed by atoms with Gasteiger partial charge in [0.2, 0.25) is 0 Å². The van der Waals surface area contributed by atoms with Gasteiger partial charge in [0.1, 0.15) is 6.10 Å². The van der Waals surface area contributed by atoms with Crippen LogP contribution in [0.2, 0.25) is 0 Å². The molecule has 0 bridgehead atoms. The van der Waals surface area contributed by atoms with E-state index in [4.69, 9.17) is 9.84 Å². The number of rotatable bonds is 3. The van der Waals surface area contributed by atoms with Crippen LogP contribution in [-0.4, -0.2) is 23.1 Å². The van der Waals surface area contributed by atoms with E-state index < -0.39 is 11.9 Å². The number of hydrogen-bond acceptors (Lipinski definition) is 3. The Labute approximate surface area is 88.9 Å².